The van der Waals surface area contributed by atoms with Crippen LogP contribution in [0, 0.1) is 5.92 Å². The lowest BCUT2D eigenvalue weighted by Gasteiger charge is -2.31. The number of rotatable bonds is 4. The van der Waals surface area contributed by atoms with Crippen LogP contribution in [0.2, 0.25) is 12.6 Å². The van der Waals surface area contributed by atoms with E-state index in [9.17, 15) is 0 Å². The Kier molecular flexibility index (Phi) is 6.22. The third kappa shape index (κ3) is 4.87. The van der Waals surface area contributed by atoms with Gasteiger partial charge in [-0.3, -0.25) is 0 Å². The second-order valence-electron chi connectivity index (χ2n) is 4.32. The van der Waals surface area contributed by atoms with E-state index in [2.05, 4.69) is 31.6 Å². The van der Waals surface area contributed by atoms with Gasteiger partial charge in [-0.05, 0) is 37.1 Å². The van der Waals surface area contributed by atoms with Gasteiger partial charge in [-0.2, -0.15) is 12.6 Å². The highest BCUT2D eigenvalue weighted by atomic mass is 32.1. The second-order valence-corrected chi connectivity index (χ2v) is 8.03. The van der Waals surface area contributed by atoms with E-state index in [-0.39, 0.29) is 0 Å². The van der Waals surface area contributed by atoms with E-state index < -0.39 is 8.56 Å². The van der Waals surface area contributed by atoms with Crippen molar-refractivity contribution < 1.29 is 8.95 Å². The molecule has 1 fully saturated rings. The first-order valence-corrected chi connectivity index (χ1v) is 9.01. The van der Waals surface area contributed by atoms with Crippen LogP contribution in [0.1, 0.15) is 26.2 Å². The third-order valence-electron chi connectivity index (χ3n) is 2.96. The molecule has 1 aliphatic heterocycles. The predicted molar refractivity (Wildman–Crippen MR) is 68.3 cm³/mol. The van der Waals surface area contributed by atoms with E-state index in [1.54, 1.807) is 0 Å². The lowest BCUT2D eigenvalue weighted by Crippen LogP contribution is -2.47. The smallest absolute Gasteiger partial charge is 0.355 e. The zero-order chi connectivity index (χ0) is 11.1. The summed E-state index contributed by atoms with van der Waals surface area (Å²) in [4.78, 5) is 0. The fourth-order valence-electron chi connectivity index (χ4n) is 1.76. The van der Waals surface area contributed by atoms with Gasteiger partial charge < -0.3 is 8.95 Å². The molecule has 2 unspecified atom stereocenters. The van der Waals surface area contributed by atoms with Crippen LogP contribution in [0.4, 0.5) is 0 Å². The normalized spacial score (nSPS) is 33.4. The van der Waals surface area contributed by atoms with Crippen molar-refractivity contribution >= 4 is 21.2 Å². The first kappa shape index (κ1) is 13.5. The van der Waals surface area contributed by atoms with Crippen molar-refractivity contribution in [2.45, 2.75) is 38.8 Å². The predicted octanol–water partition coefficient (Wildman–Crippen LogP) is 2.35. The average Bonchev–Trinajstić information content (AvgIpc) is 2.21. The third-order valence-corrected chi connectivity index (χ3v) is 5.93. The Morgan fingerprint density at radius 2 is 2.33 bits per heavy atom. The van der Waals surface area contributed by atoms with Crippen LogP contribution in [0.25, 0.3) is 0 Å². The van der Waals surface area contributed by atoms with Crippen molar-refractivity contribution in [3.63, 3.8) is 0 Å². The van der Waals surface area contributed by atoms with E-state index >= 15 is 0 Å². The molecular formula is C10H23NO2SSi. The van der Waals surface area contributed by atoms with Crippen LogP contribution >= 0.6 is 12.6 Å². The Bertz CT molecular complexity index is 173. The molecule has 0 aliphatic carbocycles. The van der Waals surface area contributed by atoms with E-state index in [0.717, 1.165) is 37.8 Å². The first-order valence-electron chi connectivity index (χ1n) is 5.86. The Morgan fingerprint density at radius 1 is 1.53 bits per heavy atom. The number of thiol groups is 1. The highest BCUT2D eigenvalue weighted by Crippen LogP contribution is 2.19. The summed E-state index contributed by atoms with van der Waals surface area (Å²) in [5.74, 6) is 1.60. The van der Waals surface area contributed by atoms with E-state index in [0.29, 0.717) is 5.92 Å². The minimum absolute atomic E-state index is 0.688. The van der Waals surface area contributed by atoms with Crippen LogP contribution in [0.15, 0.2) is 0 Å². The minimum Gasteiger partial charge on any atom is -0.394 e. The summed E-state index contributed by atoms with van der Waals surface area (Å²) >= 11 is 4.23. The molecule has 0 spiro atoms. The van der Waals surface area contributed by atoms with Gasteiger partial charge in [-0.25, -0.2) is 5.48 Å². The molecule has 15 heavy (non-hydrogen) atoms. The Balaban J connectivity index is 2.36. The van der Waals surface area contributed by atoms with Crippen LogP contribution < -0.4 is 5.48 Å². The average molecular weight is 249 g/mol. The van der Waals surface area contributed by atoms with Gasteiger partial charge in [-0.1, -0.05) is 13.3 Å². The first-order chi connectivity index (χ1) is 7.20. The fourth-order valence-corrected chi connectivity index (χ4v) is 4.28. The molecule has 0 bridgehead atoms. The number of hydroxylamine groups is 1. The minimum atomic E-state index is -1.94. The van der Waals surface area contributed by atoms with Crippen LogP contribution in [0.3, 0.4) is 0 Å². The molecule has 0 aromatic heterocycles. The molecule has 0 radical (unpaired) electrons. The van der Waals surface area contributed by atoms with Gasteiger partial charge in [0, 0.05) is 13.2 Å². The molecule has 1 heterocycles. The highest BCUT2D eigenvalue weighted by Gasteiger charge is 2.33. The molecule has 1 aliphatic rings. The molecule has 0 amide bonds. The van der Waals surface area contributed by atoms with Gasteiger partial charge in [-0.15, -0.1) is 0 Å². The summed E-state index contributed by atoms with van der Waals surface area (Å²) in [6.07, 6.45) is 3.41. The topological polar surface area (TPSA) is 30.5 Å². The maximum Gasteiger partial charge on any atom is 0.355 e. The van der Waals surface area contributed by atoms with E-state index in [1.165, 1.54) is 6.42 Å². The Labute approximate surface area is 99.5 Å². The summed E-state index contributed by atoms with van der Waals surface area (Å²) in [5, 5.41) is 0. The maximum atomic E-state index is 5.92. The van der Waals surface area contributed by atoms with Crippen molar-refractivity contribution in [3.8, 4) is 0 Å². The number of nitrogens with one attached hydrogen (secondary N) is 1. The molecule has 0 aromatic rings. The zero-order valence-electron chi connectivity index (χ0n) is 9.79. The van der Waals surface area contributed by atoms with Crippen molar-refractivity contribution in [2.75, 3.05) is 18.9 Å². The number of hydrogen-bond donors (Lipinski definition) is 2. The fraction of sp³-hybridized carbons (Fsp3) is 1.00. The van der Waals surface area contributed by atoms with Gasteiger partial charge in [0.15, 0.2) is 0 Å². The van der Waals surface area contributed by atoms with Gasteiger partial charge in [0.05, 0.1) is 0 Å². The lowest BCUT2D eigenvalue weighted by atomic mass is 10.0. The van der Waals surface area contributed by atoms with Crippen LogP contribution in [-0.4, -0.2) is 27.5 Å². The van der Waals surface area contributed by atoms with Gasteiger partial charge in [0.1, 0.15) is 0 Å². The lowest BCUT2D eigenvalue weighted by molar-refractivity contribution is 0.0691. The molecule has 0 saturated carbocycles. The van der Waals surface area contributed by atoms with Gasteiger partial charge in [0.25, 0.3) is 0 Å². The van der Waals surface area contributed by atoms with Gasteiger partial charge in [0.2, 0.25) is 0 Å². The Morgan fingerprint density at radius 3 is 3.00 bits per heavy atom. The largest absolute Gasteiger partial charge is 0.394 e. The summed E-state index contributed by atoms with van der Waals surface area (Å²) in [5.41, 5.74) is 3.10. The van der Waals surface area contributed by atoms with Crippen LogP contribution in [-0.2, 0) is 8.95 Å². The molecule has 5 heteroatoms. The molecule has 1 saturated heterocycles. The van der Waals surface area contributed by atoms with Crippen molar-refractivity contribution in [2.24, 2.45) is 5.92 Å². The molecule has 2 atom stereocenters. The van der Waals surface area contributed by atoms with E-state index in [1.807, 2.05) is 0 Å². The molecule has 90 valence electrons. The van der Waals surface area contributed by atoms with Crippen LogP contribution in [0.5, 0.6) is 0 Å². The number of hydrogen-bond acceptors (Lipinski definition) is 4. The Hall–Kier alpha value is 0.447. The molecular weight excluding hydrogens is 226 g/mol. The second kappa shape index (κ2) is 6.91. The van der Waals surface area contributed by atoms with E-state index in [4.69, 9.17) is 8.95 Å². The summed E-state index contributed by atoms with van der Waals surface area (Å²) < 4.78 is 11.7. The standard InChI is InChI=1S/C10H23NO2SSi/c1-3-10-5-6-12-15(2,8-4-7-14)13-11-9-10/h10-11,14H,3-9H2,1-2H3. The summed E-state index contributed by atoms with van der Waals surface area (Å²) in [6.45, 7) is 6.17. The quantitative estimate of drug-likeness (QED) is 0.592. The zero-order valence-corrected chi connectivity index (χ0v) is 11.7. The SMILES string of the molecule is CCC1CCO[Si](C)(CCCS)ONC1. The van der Waals surface area contributed by atoms with Gasteiger partial charge >= 0.3 is 8.56 Å². The molecule has 1 rings (SSSR count). The van der Waals surface area contributed by atoms with Crippen molar-refractivity contribution in [1.29, 1.82) is 0 Å². The summed E-state index contributed by atoms with van der Waals surface area (Å²) in [7, 11) is -1.94. The molecule has 0 aromatic carbocycles. The monoisotopic (exact) mass is 249 g/mol. The highest BCUT2D eigenvalue weighted by molar-refractivity contribution is 7.80. The maximum absolute atomic E-state index is 5.92. The molecule has 1 N–H and O–H groups in total. The summed E-state index contributed by atoms with van der Waals surface area (Å²) in [6, 6.07) is 1.03. The van der Waals surface area contributed by atoms with Crippen molar-refractivity contribution in [3.05, 3.63) is 0 Å². The molecule has 3 nitrogen and oxygen atoms in total. The van der Waals surface area contributed by atoms with Crippen molar-refractivity contribution in [1.82, 2.24) is 5.48 Å².